The zero-order valence-corrected chi connectivity index (χ0v) is 14.7. The molecule has 2 N–H and O–H groups in total. The molecule has 0 aromatic rings. The second-order valence-electron chi connectivity index (χ2n) is 8.33. The number of aliphatic hydroxyl groups excluding tert-OH is 2. The molecule has 3 rings (SSSR count). The van der Waals surface area contributed by atoms with E-state index in [1.54, 1.807) is 0 Å². The Balaban J connectivity index is 2.25. The molecule has 0 amide bonds. The van der Waals surface area contributed by atoms with Gasteiger partial charge in [0, 0.05) is 22.1 Å². The van der Waals surface area contributed by atoms with Gasteiger partial charge in [-0.2, -0.15) is 0 Å². The third-order valence-electron chi connectivity index (χ3n) is 6.46. The Morgan fingerprint density at radius 2 is 1.88 bits per heavy atom. The number of carbonyl (C=O) groups excluding carboxylic acids is 2. The number of hydrogen-bond donors (Lipinski definition) is 2. The number of carbonyl (C=O) groups is 2. The molecule has 0 aliphatic heterocycles. The Hall–Kier alpha value is -1.68. The molecule has 130 valence electrons. The van der Waals surface area contributed by atoms with E-state index in [1.165, 1.54) is 6.08 Å². The molecular formula is C20H26O4. The Labute approximate surface area is 142 Å². The third-order valence-corrected chi connectivity index (χ3v) is 6.46. The van der Waals surface area contributed by atoms with E-state index in [1.807, 2.05) is 6.92 Å². The maximum atomic E-state index is 12.9. The predicted octanol–water partition coefficient (Wildman–Crippen LogP) is 3.42. The molecular weight excluding hydrogens is 304 g/mol. The molecule has 0 aromatic heterocycles. The molecule has 3 aliphatic carbocycles. The van der Waals surface area contributed by atoms with Crippen molar-refractivity contribution in [3.05, 3.63) is 35.1 Å². The zero-order valence-electron chi connectivity index (χ0n) is 14.7. The Kier molecular flexibility index (Phi) is 3.87. The minimum atomic E-state index is -0.910. The maximum absolute atomic E-state index is 12.9. The summed E-state index contributed by atoms with van der Waals surface area (Å²) in [5, 5.41) is 21.3. The molecule has 0 bridgehead atoms. The molecule has 1 saturated carbocycles. The summed E-state index contributed by atoms with van der Waals surface area (Å²) in [6.45, 7) is 9.94. The van der Waals surface area contributed by atoms with Crippen molar-refractivity contribution in [1.82, 2.24) is 0 Å². The van der Waals surface area contributed by atoms with Crippen LogP contribution < -0.4 is 0 Å². The number of fused-ring (bicyclic) bond motifs is 2. The van der Waals surface area contributed by atoms with Crippen molar-refractivity contribution in [3.8, 4) is 0 Å². The van der Waals surface area contributed by atoms with Gasteiger partial charge in [0.05, 0.1) is 6.10 Å². The van der Waals surface area contributed by atoms with Crippen LogP contribution in [0.1, 0.15) is 52.9 Å². The van der Waals surface area contributed by atoms with Crippen LogP contribution in [0, 0.1) is 16.7 Å². The van der Waals surface area contributed by atoms with Crippen LogP contribution in [-0.4, -0.2) is 27.9 Å². The van der Waals surface area contributed by atoms with E-state index < -0.39 is 23.1 Å². The van der Waals surface area contributed by atoms with Crippen molar-refractivity contribution in [2.24, 2.45) is 16.7 Å². The van der Waals surface area contributed by atoms with E-state index in [9.17, 15) is 19.8 Å². The average molecular weight is 330 g/mol. The first-order chi connectivity index (χ1) is 11.1. The number of aliphatic hydroxyl groups is 2. The van der Waals surface area contributed by atoms with Crippen LogP contribution in [0.4, 0.5) is 0 Å². The zero-order chi connectivity index (χ0) is 17.9. The van der Waals surface area contributed by atoms with Gasteiger partial charge >= 0.3 is 0 Å². The fourth-order valence-electron chi connectivity index (χ4n) is 5.33. The maximum Gasteiger partial charge on any atom is 0.233 e. The highest BCUT2D eigenvalue weighted by molar-refractivity contribution is 6.50. The quantitative estimate of drug-likeness (QED) is 0.462. The van der Waals surface area contributed by atoms with Gasteiger partial charge in [-0.3, -0.25) is 9.59 Å². The average Bonchev–Trinajstić information content (AvgIpc) is 2.49. The van der Waals surface area contributed by atoms with Crippen LogP contribution in [-0.2, 0) is 9.59 Å². The highest BCUT2D eigenvalue weighted by atomic mass is 16.3. The van der Waals surface area contributed by atoms with E-state index >= 15 is 0 Å². The SMILES string of the molecule is C=CCC1=C(O)C2=C(C(=O)C1=O)[C@@]1(C)CCCC(C)(C)[C@H]1C[C@H]2O. The summed E-state index contributed by atoms with van der Waals surface area (Å²) in [6, 6.07) is 0. The van der Waals surface area contributed by atoms with Crippen molar-refractivity contribution in [2.45, 2.75) is 59.0 Å². The predicted molar refractivity (Wildman–Crippen MR) is 91.4 cm³/mol. The van der Waals surface area contributed by atoms with Gasteiger partial charge in [0.1, 0.15) is 5.76 Å². The smallest absolute Gasteiger partial charge is 0.233 e. The molecule has 4 nitrogen and oxygen atoms in total. The highest BCUT2D eigenvalue weighted by Crippen LogP contribution is 2.61. The van der Waals surface area contributed by atoms with Gasteiger partial charge < -0.3 is 10.2 Å². The Morgan fingerprint density at radius 1 is 1.21 bits per heavy atom. The number of allylic oxidation sites excluding steroid dienone is 3. The van der Waals surface area contributed by atoms with E-state index in [-0.39, 0.29) is 34.7 Å². The lowest BCUT2D eigenvalue weighted by Gasteiger charge is -2.56. The van der Waals surface area contributed by atoms with Crippen molar-refractivity contribution >= 4 is 11.6 Å². The number of Topliss-reactive ketones (excluding diaryl/α,β-unsaturated/α-hetero) is 2. The largest absolute Gasteiger partial charge is 0.507 e. The molecule has 24 heavy (non-hydrogen) atoms. The highest BCUT2D eigenvalue weighted by Gasteiger charge is 2.57. The monoisotopic (exact) mass is 330 g/mol. The number of ketones is 2. The van der Waals surface area contributed by atoms with Gasteiger partial charge in [0.2, 0.25) is 11.6 Å². The minimum absolute atomic E-state index is 0.0173. The van der Waals surface area contributed by atoms with Gasteiger partial charge in [0.25, 0.3) is 0 Å². The summed E-state index contributed by atoms with van der Waals surface area (Å²) in [5.74, 6) is -1.30. The summed E-state index contributed by atoms with van der Waals surface area (Å²) in [5.41, 5.74) is 0.208. The topological polar surface area (TPSA) is 74.6 Å². The molecule has 0 heterocycles. The van der Waals surface area contributed by atoms with Crippen LogP contribution in [0.3, 0.4) is 0 Å². The molecule has 0 saturated heterocycles. The summed E-state index contributed by atoms with van der Waals surface area (Å²) >= 11 is 0. The lowest BCUT2D eigenvalue weighted by Crippen LogP contribution is -2.52. The molecule has 3 aliphatic rings. The second kappa shape index (κ2) is 5.41. The molecule has 1 fully saturated rings. The summed E-state index contributed by atoms with van der Waals surface area (Å²) in [4.78, 5) is 25.4. The second-order valence-corrected chi connectivity index (χ2v) is 8.33. The van der Waals surface area contributed by atoms with Crippen LogP contribution in [0.15, 0.2) is 35.1 Å². The molecule has 0 spiro atoms. The fourth-order valence-corrected chi connectivity index (χ4v) is 5.33. The van der Waals surface area contributed by atoms with E-state index in [4.69, 9.17) is 0 Å². The lowest BCUT2D eigenvalue weighted by atomic mass is 9.48. The van der Waals surface area contributed by atoms with Gasteiger partial charge in [-0.05, 0) is 37.0 Å². The van der Waals surface area contributed by atoms with Crippen LogP contribution in [0.25, 0.3) is 0 Å². The molecule has 0 radical (unpaired) electrons. The van der Waals surface area contributed by atoms with Crippen LogP contribution in [0.2, 0.25) is 0 Å². The minimum Gasteiger partial charge on any atom is -0.507 e. The number of hydrogen-bond acceptors (Lipinski definition) is 4. The van der Waals surface area contributed by atoms with Crippen LogP contribution in [0.5, 0.6) is 0 Å². The molecule has 0 unspecified atom stereocenters. The van der Waals surface area contributed by atoms with Crippen molar-refractivity contribution in [1.29, 1.82) is 0 Å². The summed E-state index contributed by atoms with van der Waals surface area (Å²) < 4.78 is 0. The molecule has 4 heteroatoms. The van der Waals surface area contributed by atoms with E-state index in [0.29, 0.717) is 12.0 Å². The first kappa shape index (κ1) is 17.2. The van der Waals surface area contributed by atoms with Gasteiger partial charge in [-0.15, -0.1) is 6.58 Å². The first-order valence-electron chi connectivity index (χ1n) is 8.70. The van der Waals surface area contributed by atoms with E-state index in [2.05, 4.69) is 20.4 Å². The van der Waals surface area contributed by atoms with Gasteiger partial charge in [0.15, 0.2) is 0 Å². The lowest BCUT2D eigenvalue weighted by molar-refractivity contribution is -0.135. The summed E-state index contributed by atoms with van der Waals surface area (Å²) in [7, 11) is 0. The normalized spacial score (nSPS) is 35.7. The first-order valence-corrected chi connectivity index (χ1v) is 8.70. The fraction of sp³-hybridized carbons (Fsp3) is 0.600. The standard InChI is InChI=1S/C20H26O4/c1-5-7-11-16(22)14-12(21)10-13-19(2,3)8-6-9-20(13,4)15(14)18(24)17(11)23/h5,12-13,21-22H,1,6-10H2,2-4H3/t12-,13-,20+/m1/s1. The van der Waals surface area contributed by atoms with Gasteiger partial charge in [-0.25, -0.2) is 0 Å². The van der Waals surface area contributed by atoms with Crippen molar-refractivity contribution < 1.29 is 19.8 Å². The Morgan fingerprint density at radius 3 is 2.50 bits per heavy atom. The van der Waals surface area contributed by atoms with E-state index in [0.717, 1.165) is 19.3 Å². The van der Waals surface area contributed by atoms with Crippen LogP contribution >= 0.6 is 0 Å². The third kappa shape index (κ3) is 2.16. The molecule has 3 atom stereocenters. The van der Waals surface area contributed by atoms with Crippen molar-refractivity contribution in [2.75, 3.05) is 0 Å². The molecule has 0 aromatic carbocycles. The Bertz CT molecular complexity index is 694. The van der Waals surface area contributed by atoms with Gasteiger partial charge in [-0.1, -0.05) is 33.3 Å². The summed E-state index contributed by atoms with van der Waals surface area (Å²) in [6.07, 6.45) is 4.03. The number of rotatable bonds is 2. The van der Waals surface area contributed by atoms with Crippen molar-refractivity contribution in [3.63, 3.8) is 0 Å².